The number of amides is 2. The van der Waals surface area contributed by atoms with E-state index in [9.17, 15) is 14.0 Å². The highest BCUT2D eigenvalue weighted by Crippen LogP contribution is 2.22. The Balaban J connectivity index is 1.26. The molecule has 0 radical (unpaired) electrons. The van der Waals surface area contributed by atoms with Crippen LogP contribution >= 0.6 is 11.3 Å². The Labute approximate surface area is 183 Å². The normalized spacial score (nSPS) is 14.3. The van der Waals surface area contributed by atoms with Crippen molar-refractivity contribution < 1.29 is 18.7 Å². The molecular formula is C23H22FN3O3S. The minimum Gasteiger partial charge on any atom is -0.439 e. The number of likely N-dealkylation sites (tertiary alicyclic amines) is 1. The lowest BCUT2D eigenvalue weighted by atomic mass is 9.95. The maximum absolute atomic E-state index is 13.0. The van der Waals surface area contributed by atoms with Gasteiger partial charge in [0, 0.05) is 37.8 Å². The highest BCUT2D eigenvalue weighted by molar-refractivity contribution is 7.12. The zero-order valence-corrected chi connectivity index (χ0v) is 17.6. The fourth-order valence-electron chi connectivity index (χ4n) is 3.47. The second-order valence-corrected chi connectivity index (χ2v) is 8.27. The molecule has 3 aromatic rings. The number of ether oxygens (including phenoxy) is 1. The van der Waals surface area contributed by atoms with Gasteiger partial charge in [-0.05, 0) is 60.2 Å². The van der Waals surface area contributed by atoms with Gasteiger partial charge in [-0.25, -0.2) is 9.37 Å². The quantitative estimate of drug-likeness (QED) is 0.624. The summed E-state index contributed by atoms with van der Waals surface area (Å²) in [6.07, 6.45) is 2.91. The van der Waals surface area contributed by atoms with E-state index >= 15 is 0 Å². The lowest BCUT2D eigenvalue weighted by molar-refractivity contribution is -0.126. The number of halogens is 1. The Kier molecular flexibility index (Phi) is 6.57. The molecule has 0 bridgehead atoms. The van der Waals surface area contributed by atoms with Crippen LogP contribution in [0.1, 0.15) is 28.1 Å². The van der Waals surface area contributed by atoms with Gasteiger partial charge in [0.2, 0.25) is 11.8 Å². The molecule has 1 aromatic carbocycles. The lowest BCUT2D eigenvalue weighted by Gasteiger charge is -2.31. The number of thiophene rings is 1. The van der Waals surface area contributed by atoms with E-state index in [-0.39, 0.29) is 23.5 Å². The van der Waals surface area contributed by atoms with Gasteiger partial charge in [0.15, 0.2) is 0 Å². The third-order valence-corrected chi connectivity index (χ3v) is 6.04. The predicted molar refractivity (Wildman–Crippen MR) is 116 cm³/mol. The molecule has 0 spiro atoms. The molecule has 3 heterocycles. The molecule has 2 amide bonds. The number of hydrogen-bond donors (Lipinski definition) is 1. The largest absolute Gasteiger partial charge is 0.439 e. The molecule has 1 aliphatic rings. The van der Waals surface area contributed by atoms with Crippen molar-refractivity contribution in [2.24, 2.45) is 5.92 Å². The smallest absolute Gasteiger partial charge is 0.263 e. The number of aromatic nitrogens is 1. The Bertz CT molecular complexity index is 1030. The van der Waals surface area contributed by atoms with Crippen LogP contribution in [0.5, 0.6) is 11.6 Å². The fraction of sp³-hybridized carbons (Fsp3) is 0.261. The van der Waals surface area contributed by atoms with E-state index in [1.165, 1.54) is 35.6 Å². The Hall–Kier alpha value is -3.26. The van der Waals surface area contributed by atoms with Crippen LogP contribution in [0.3, 0.4) is 0 Å². The first-order valence-electron chi connectivity index (χ1n) is 10.1. The number of rotatable bonds is 6. The van der Waals surface area contributed by atoms with Gasteiger partial charge in [-0.1, -0.05) is 6.07 Å². The van der Waals surface area contributed by atoms with Crippen LogP contribution in [0.2, 0.25) is 0 Å². The first-order chi connectivity index (χ1) is 15.1. The molecule has 2 aromatic heterocycles. The highest BCUT2D eigenvalue weighted by Gasteiger charge is 2.28. The molecule has 8 heteroatoms. The van der Waals surface area contributed by atoms with Crippen molar-refractivity contribution in [2.45, 2.75) is 19.4 Å². The van der Waals surface area contributed by atoms with Gasteiger partial charge in [-0.2, -0.15) is 0 Å². The average molecular weight is 440 g/mol. The molecule has 0 saturated carbocycles. The highest BCUT2D eigenvalue weighted by atomic mass is 32.1. The van der Waals surface area contributed by atoms with Crippen molar-refractivity contribution in [1.29, 1.82) is 0 Å². The number of nitrogens with one attached hydrogen (secondary N) is 1. The number of carbonyl (C=O) groups excluding carboxylic acids is 2. The fourth-order valence-corrected chi connectivity index (χ4v) is 4.16. The van der Waals surface area contributed by atoms with Crippen LogP contribution in [-0.2, 0) is 11.3 Å². The van der Waals surface area contributed by atoms with E-state index in [0.717, 1.165) is 10.4 Å². The van der Waals surface area contributed by atoms with Gasteiger partial charge < -0.3 is 15.0 Å². The van der Waals surface area contributed by atoms with Crippen molar-refractivity contribution in [1.82, 2.24) is 15.2 Å². The van der Waals surface area contributed by atoms with E-state index in [1.54, 1.807) is 18.3 Å². The van der Waals surface area contributed by atoms with E-state index < -0.39 is 0 Å². The lowest BCUT2D eigenvalue weighted by Crippen LogP contribution is -2.42. The number of hydrogen-bond acceptors (Lipinski definition) is 5. The molecule has 160 valence electrons. The molecule has 1 fully saturated rings. The van der Waals surface area contributed by atoms with E-state index in [4.69, 9.17) is 4.74 Å². The second kappa shape index (κ2) is 9.70. The summed E-state index contributed by atoms with van der Waals surface area (Å²) in [6, 6.07) is 12.9. The minimum atomic E-state index is -0.335. The molecule has 0 unspecified atom stereocenters. The molecule has 1 saturated heterocycles. The Morgan fingerprint density at radius 3 is 2.65 bits per heavy atom. The number of carbonyl (C=O) groups is 2. The Morgan fingerprint density at radius 2 is 1.94 bits per heavy atom. The molecule has 6 nitrogen and oxygen atoms in total. The van der Waals surface area contributed by atoms with Gasteiger partial charge in [-0.15, -0.1) is 11.3 Å². The van der Waals surface area contributed by atoms with E-state index in [2.05, 4.69) is 10.3 Å². The van der Waals surface area contributed by atoms with Gasteiger partial charge in [0.1, 0.15) is 11.6 Å². The number of benzene rings is 1. The Morgan fingerprint density at radius 1 is 1.16 bits per heavy atom. The summed E-state index contributed by atoms with van der Waals surface area (Å²) in [5, 5.41) is 4.86. The molecule has 0 aliphatic carbocycles. The summed E-state index contributed by atoms with van der Waals surface area (Å²) in [5.74, 6) is 0.445. The van der Waals surface area contributed by atoms with Crippen molar-refractivity contribution >= 4 is 23.2 Å². The topological polar surface area (TPSA) is 71.5 Å². The standard InChI is InChI=1S/C23H22FN3O3S/c24-18-3-5-19(6-4-18)30-21-14-16(7-10-25-21)15-26-22(28)17-8-11-27(12-9-17)23(29)20-2-1-13-31-20/h1-7,10,13-14,17H,8-9,11-12,15H2,(H,26,28). The summed E-state index contributed by atoms with van der Waals surface area (Å²) in [5.41, 5.74) is 0.853. The van der Waals surface area contributed by atoms with Gasteiger partial charge in [0.05, 0.1) is 4.88 Å². The van der Waals surface area contributed by atoms with E-state index in [0.29, 0.717) is 44.1 Å². The number of nitrogens with zero attached hydrogens (tertiary/aromatic N) is 2. The summed E-state index contributed by atoms with van der Waals surface area (Å²) in [7, 11) is 0. The molecule has 31 heavy (non-hydrogen) atoms. The summed E-state index contributed by atoms with van der Waals surface area (Å²) < 4.78 is 18.6. The summed E-state index contributed by atoms with van der Waals surface area (Å²) >= 11 is 1.44. The molecular weight excluding hydrogens is 417 g/mol. The van der Waals surface area contributed by atoms with Crippen LogP contribution < -0.4 is 10.1 Å². The first-order valence-corrected chi connectivity index (χ1v) is 11.0. The average Bonchev–Trinajstić information content (AvgIpc) is 3.34. The van der Waals surface area contributed by atoms with Gasteiger partial charge in [0.25, 0.3) is 5.91 Å². The van der Waals surface area contributed by atoms with Crippen molar-refractivity contribution in [3.8, 4) is 11.6 Å². The van der Waals surface area contributed by atoms with Gasteiger partial charge >= 0.3 is 0 Å². The van der Waals surface area contributed by atoms with Crippen molar-refractivity contribution in [3.05, 3.63) is 76.4 Å². The van der Waals surface area contributed by atoms with Crippen LogP contribution in [0, 0.1) is 11.7 Å². The monoisotopic (exact) mass is 439 g/mol. The zero-order valence-electron chi connectivity index (χ0n) is 16.8. The number of pyridine rings is 1. The van der Waals surface area contributed by atoms with E-state index in [1.807, 2.05) is 22.4 Å². The molecule has 0 atom stereocenters. The second-order valence-electron chi connectivity index (χ2n) is 7.32. The predicted octanol–water partition coefficient (Wildman–Crippen LogP) is 4.24. The van der Waals surface area contributed by atoms with Crippen molar-refractivity contribution in [2.75, 3.05) is 13.1 Å². The van der Waals surface area contributed by atoms with Crippen molar-refractivity contribution in [3.63, 3.8) is 0 Å². The number of piperidine rings is 1. The van der Waals surface area contributed by atoms with Crippen LogP contribution in [0.15, 0.2) is 60.1 Å². The minimum absolute atomic E-state index is 0.0129. The zero-order chi connectivity index (χ0) is 21.6. The maximum Gasteiger partial charge on any atom is 0.263 e. The summed E-state index contributed by atoms with van der Waals surface area (Å²) in [4.78, 5) is 31.7. The van der Waals surface area contributed by atoms with Crippen LogP contribution in [0.4, 0.5) is 4.39 Å². The van der Waals surface area contributed by atoms with Crippen LogP contribution in [-0.4, -0.2) is 34.8 Å². The van der Waals surface area contributed by atoms with Gasteiger partial charge in [-0.3, -0.25) is 9.59 Å². The van der Waals surface area contributed by atoms with Crippen LogP contribution in [0.25, 0.3) is 0 Å². The summed E-state index contributed by atoms with van der Waals surface area (Å²) in [6.45, 7) is 1.52. The first kappa shape index (κ1) is 21.0. The third kappa shape index (κ3) is 5.46. The SMILES string of the molecule is O=C(NCc1ccnc(Oc2ccc(F)cc2)c1)C1CCN(C(=O)c2cccs2)CC1. The molecule has 1 aliphatic heterocycles. The molecule has 1 N–H and O–H groups in total. The molecule has 4 rings (SSSR count). The maximum atomic E-state index is 13.0. The third-order valence-electron chi connectivity index (χ3n) is 5.19.